The van der Waals surface area contributed by atoms with Gasteiger partial charge in [0.15, 0.2) is 5.69 Å². The Morgan fingerprint density at radius 3 is 2.80 bits per heavy atom. The van der Waals surface area contributed by atoms with Crippen LogP contribution in [0.2, 0.25) is 0 Å². The first-order valence-electron chi connectivity index (χ1n) is 6.88. The van der Waals surface area contributed by atoms with Crippen LogP contribution < -0.4 is 5.73 Å². The molecule has 0 aliphatic carbocycles. The highest BCUT2D eigenvalue weighted by Gasteiger charge is 2.20. The molecule has 0 radical (unpaired) electrons. The Kier molecular flexibility index (Phi) is 3.31. The van der Waals surface area contributed by atoms with Crippen molar-refractivity contribution in [3.05, 3.63) is 29.8 Å². The van der Waals surface area contributed by atoms with Crippen molar-refractivity contribution in [1.29, 1.82) is 0 Å². The van der Waals surface area contributed by atoms with Crippen molar-refractivity contribution in [2.75, 3.05) is 18.8 Å². The van der Waals surface area contributed by atoms with Crippen molar-refractivity contribution in [2.24, 2.45) is 0 Å². The van der Waals surface area contributed by atoms with Crippen LogP contribution >= 0.6 is 0 Å². The zero-order valence-corrected chi connectivity index (χ0v) is 11.2. The van der Waals surface area contributed by atoms with Crippen LogP contribution in [0.15, 0.2) is 18.3 Å². The molecule has 6 heteroatoms. The molecule has 0 amide bonds. The van der Waals surface area contributed by atoms with Crippen LogP contribution in [0.25, 0.3) is 5.52 Å². The number of nitrogens with two attached hydrogens (primary N) is 1. The van der Waals surface area contributed by atoms with E-state index in [-0.39, 0.29) is 5.69 Å². The molecule has 2 aromatic rings. The van der Waals surface area contributed by atoms with Crippen LogP contribution in [0.3, 0.4) is 0 Å². The molecule has 106 valence electrons. The number of nitrogen functional groups attached to an aromatic ring is 1. The second-order valence-electron chi connectivity index (χ2n) is 5.20. The van der Waals surface area contributed by atoms with E-state index < -0.39 is 5.97 Å². The minimum Gasteiger partial charge on any atom is -0.476 e. The van der Waals surface area contributed by atoms with Crippen LogP contribution in [0.5, 0.6) is 0 Å². The van der Waals surface area contributed by atoms with Gasteiger partial charge in [-0.2, -0.15) is 0 Å². The lowest BCUT2D eigenvalue weighted by molar-refractivity contribution is 0.0693. The quantitative estimate of drug-likeness (QED) is 0.888. The number of hydrogen-bond donors (Lipinski definition) is 2. The number of likely N-dealkylation sites (tertiary alicyclic amines) is 1. The SMILES string of the molecule is Nc1cccn2c(CN3CCCCC3)nc(C(=O)O)c12. The van der Waals surface area contributed by atoms with E-state index in [0.29, 0.717) is 17.7 Å². The fourth-order valence-corrected chi connectivity index (χ4v) is 2.81. The molecule has 2 aromatic heterocycles. The Morgan fingerprint density at radius 1 is 1.35 bits per heavy atom. The number of fused-ring (bicyclic) bond motifs is 1. The summed E-state index contributed by atoms with van der Waals surface area (Å²) in [6.45, 7) is 2.75. The van der Waals surface area contributed by atoms with Crippen molar-refractivity contribution >= 4 is 17.2 Å². The lowest BCUT2D eigenvalue weighted by atomic mass is 10.1. The lowest BCUT2D eigenvalue weighted by Gasteiger charge is -2.25. The monoisotopic (exact) mass is 274 g/mol. The second kappa shape index (κ2) is 5.13. The van der Waals surface area contributed by atoms with Gasteiger partial charge in [-0.25, -0.2) is 9.78 Å². The van der Waals surface area contributed by atoms with Crippen LogP contribution in [-0.4, -0.2) is 38.4 Å². The normalized spacial score (nSPS) is 16.6. The molecule has 20 heavy (non-hydrogen) atoms. The molecular formula is C14H18N4O2. The highest BCUT2D eigenvalue weighted by atomic mass is 16.4. The van der Waals surface area contributed by atoms with Gasteiger partial charge in [-0.05, 0) is 38.1 Å². The summed E-state index contributed by atoms with van der Waals surface area (Å²) in [6, 6.07) is 3.52. The third-order valence-corrected chi connectivity index (χ3v) is 3.78. The minimum atomic E-state index is -1.04. The zero-order chi connectivity index (χ0) is 14.1. The van der Waals surface area contributed by atoms with Gasteiger partial charge in [0.25, 0.3) is 0 Å². The van der Waals surface area contributed by atoms with Gasteiger partial charge in [-0.3, -0.25) is 9.30 Å². The van der Waals surface area contributed by atoms with Gasteiger partial charge in [0.2, 0.25) is 0 Å². The summed E-state index contributed by atoms with van der Waals surface area (Å²) >= 11 is 0. The number of carbonyl (C=O) groups is 1. The first kappa shape index (κ1) is 12.9. The van der Waals surface area contributed by atoms with Gasteiger partial charge in [-0.15, -0.1) is 0 Å². The summed E-state index contributed by atoms with van der Waals surface area (Å²) in [5, 5.41) is 9.28. The Bertz CT molecular complexity index is 644. The summed E-state index contributed by atoms with van der Waals surface area (Å²) in [4.78, 5) is 17.9. The van der Waals surface area contributed by atoms with E-state index in [0.717, 1.165) is 18.9 Å². The molecule has 0 spiro atoms. The van der Waals surface area contributed by atoms with Crippen LogP contribution in [0, 0.1) is 0 Å². The molecular weight excluding hydrogens is 256 g/mol. The molecule has 3 rings (SSSR count). The number of nitrogens with zero attached hydrogens (tertiary/aromatic N) is 3. The summed E-state index contributed by atoms with van der Waals surface area (Å²) < 4.78 is 1.80. The molecule has 1 aliphatic heterocycles. The van der Waals surface area contributed by atoms with Gasteiger partial charge in [0.1, 0.15) is 11.3 Å². The number of hydrogen-bond acceptors (Lipinski definition) is 4. The molecule has 3 N–H and O–H groups in total. The highest BCUT2D eigenvalue weighted by Crippen LogP contribution is 2.21. The first-order chi connectivity index (χ1) is 9.66. The fourth-order valence-electron chi connectivity index (χ4n) is 2.81. The summed E-state index contributed by atoms with van der Waals surface area (Å²) in [6.07, 6.45) is 5.48. The smallest absolute Gasteiger partial charge is 0.356 e. The molecule has 1 aliphatic rings. The van der Waals surface area contributed by atoms with E-state index in [9.17, 15) is 9.90 Å². The zero-order valence-electron chi connectivity index (χ0n) is 11.2. The Labute approximate surface area is 116 Å². The van der Waals surface area contributed by atoms with E-state index in [1.807, 2.05) is 12.3 Å². The molecule has 0 saturated carbocycles. The molecule has 1 fully saturated rings. The third kappa shape index (κ3) is 2.22. The maximum absolute atomic E-state index is 11.3. The molecule has 0 unspecified atom stereocenters. The van der Waals surface area contributed by atoms with E-state index in [1.165, 1.54) is 19.3 Å². The standard InChI is InChI=1S/C14H18N4O2/c15-10-5-4-8-18-11(9-17-6-2-1-3-7-17)16-12(13(10)18)14(19)20/h4-5,8H,1-3,6-7,9,15H2,(H,19,20). The molecule has 0 atom stereocenters. The van der Waals surface area contributed by atoms with Crippen LogP contribution in [0.1, 0.15) is 35.6 Å². The van der Waals surface area contributed by atoms with E-state index >= 15 is 0 Å². The van der Waals surface area contributed by atoms with Gasteiger partial charge in [0, 0.05) is 6.20 Å². The summed E-state index contributed by atoms with van der Waals surface area (Å²) in [5.74, 6) is -0.295. The molecule has 0 bridgehead atoms. The Balaban J connectivity index is 2.02. The summed E-state index contributed by atoms with van der Waals surface area (Å²) in [5.41, 5.74) is 6.88. The third-order valence-electron chi connectivity index (χ3n) is 3.78. The van der Waals surface area contributed by atoms with Gasteiger partial charge in [0.05, 0.1) is 12.2 Å². The number of piperidine rings is 1. The number of anilines is 1. The summed E-state index contributed by atoms with van der Waals surface area (Å²) in [7, 11) is 0. The van der Waals surface area contributed by atoms with Crippen molar-refractivity contribution in [2.45, 2.75) is 25.8 Å². The number of rotatable bonds is 3. The van der Waals surface area contributed by atoms with Gasteiger partial charge >= 0.3 is 5.97 Å². The van der Waals surface area contributed by atoms with Crippen molar-refractivity contribution in [1.82, 2.24) is 14.3 Å². The average Bonchev–Trinajstić information content (AvgIpc) is 2.81. The van der Waals surface area contributed by atoms with E-state index in [4.69, 9.17) is 5.73 Å². The van der Waals surface area contributed by atoms with Gasteiger partial charge < -0.3 is 10.8 Å². The maximum Gasteiger partial charge on any atom is 0.356 e. The topological polar surface area (TPSA) is 83.9 Å². The van der Waals surface area contributed by atoms with E-state index in [2.05, 4.69) is 9.88 Å². The predicted octanol–water partition coefficient (Wildman–Crippen LogP) is 1.60. The number of carboxylic acid groups (broad SMARTS) is 1. The van der Waals surface area contributed by atoms with Crippen molar-refractivity contribution < 1.29 is 9.90 Å². The number of carboxylic acids is 1. The van der Waals surface area contributed by atoms with Crippen molar-refractivity contribution in [3.8, 4) is 0 Å². The van der Waals surface area contributed by atoms with Crippen LogP contribution in [-0.2, 0) is 6.54 Å². The first-order valence-corrected chi connectivity index (χ1v) is 6.88. The fraction of sp³-hybridized carbons (Fsp3) is 0.429. The molecule has 6 nitrogen and oxygen atoms in total. The Hall–Kier alpha value is -2.08. The minimum absolute atomic E-state index is 0.0371. The van der Waals surface area contributed by atoms with Crippen molar-refractivity contribution in [3.63, 3.8) is 0 Å². The largest absolute Gasteiger partial charge is 0.476 e. The predicted molar refractivity (Wildman–Crippen MR) is 75.7 cm³/mol. The van der Waals surface area contributed by atoms with Crippen LogP contribution in [0.4, 0.5) is 5.69 Å². The number of pyridine rings is 1. The molecule has 1 saturated heterocycles. The molecule has 3 heterocycles. The lowest BCUT2D eigenvalue weighted by Crippen LogP contribution is -2.29. The van der Waals surface area contributed by atoms with Gasteiger partial charge in [-0.1, -0.05) is 6.42 Å². The maximum atomic E-state index is 11.3. The Morgan fingerprint density at radius 2 is 2.10 bits per heavy atom. The van der Waals surface area contributed by atoms with E-state index in [1.54, 1.807) is 10.5 Å². The average molecular weight is 274 g/mol. The second-order valence-corrected chi connectivity index (χ2v) is 5.20. The number of aromatic carboxylic acids is 1. The number of imidazole rings is 1. The molecule has 0 aromatic carbocycles. The highest BCUT2D eigenvalue weighted by molar-refractivity contribution is 5.97. The number of aromatic nitrogens is 2.